The lowest BCUT2D eigenvalue weighted by Gasteiger charge is -2.27. The number of hydrogen-bond donors (Lipinski definition) is 1. The predicted molar refractivity (Wildman–Crippen MR) is 137 cm³/mol. The Morgan fingerprint density at radius 1 is 0.812 bits per heavy atom. The van der Waals surface area contributed by atoms with Crippen LogP contribution in [0.5, 0.6) is 0 Å². The van der Waals surface area contributed by atoms with Crippen LogP contribution >= 0.6 is 27.5 Å². The number of fused-ring (bicyclic) bond motifs is 8. The third-order valence-electron chi connectivity index (χ3n) is 7.17. The molecule has 32 heavy (non-hydrogen) atoms. The van der Waals surface area contributed by atoms with Gasteiger partial charge in [-0.3, -0.25) is 0 Å². The summed E-state index contributed by atoms with van der Waals surface area (Å²) in [5, 5.41) is 2.14. The van der Waals surface area contributed by atoms with Gasteiger partial charge in [-0.2, -0.15) is 0 Å². The summed E-state index contributed by atoms with van der Waals surface area (Å²) in [5.41, 5.74) is 13.3. The molecule has 2 aliphatic carbocycles. The molecule has 0 spiro atoms. The first-order chi connectivity index (χ1) is 15.7. The van der Waals surface area contributed by atoms with Crippen molar-refractivity contribution < 1.29 is 0 Å². The van der Waals surface area contributed by atoms with Crippen LogP contribution in [0.3, 0.4) is 0 Å². The van der Waals surface area contributed by atoms with Gasteiger partial charge in [-0.15, -0.1) is 0 Å². The molecule has 1 N–H and O–H groups in total. The smallest absolute Gasteiger partial charge is 0.0487 e. The highest BCUT2D eigenvalue weighted by atomic mass is 79.9. The van der Waals surface area contributed by atoms with Crippen molar-refractivity contribution in [3.05, 3.63) is 116 Å². The normalized spacial score (nSPS) is 15.9. The second kappa shape index (κ2) is 6.84. The minimum Gasteiger partial charge on any atom is -0.357 e. The molecule has 3 heteroatoms. The number of benzene rings is 4. The molecule has 5 aromatic rings. The van der Waals surface area contributed by atoms with Crippen LogP contribution in [0.2, 0.25) is 5.02 Å². The standard InChI is InChI=1S/C29H19BrClN/c30-18-11-12-22-26(15-18)32-29-24(13-16-5-1-2-7-19(16)28(22)29)20-8-4-9-21-23(20)14-17-6-3-10-25(31)27(17)21/h1-12,15,24,32H,13-14H2. The summed E-state index contributed by atoms with van der Waals surface area (Å²) in [7, 11) is 0. The monoisotopic (exact) mass is 495 g/mol. The summed E-state index contributed by atoms with van der Waals surface area (Å²) in [6, 6.07) is 28.5. The van der Waals surface area contributed by atoms with Gasteiger partial charge in [0.05, 0.1) is 0 Å². The summed E-state index contributed by atoms with van der Waals surface area (Å²) in [6.07, 6.45) is 1.94. The van der Waals surface area contributed by atoms with Crippen molar-refractivity contribution >= 4 is 38.4 Å². The van der Waals surface area contributed by atoms with E-state index in [-0.39, 0.29) is 5.92 Å². The topological polar surface area (TPSA) is 15.8 Å². The van der Waals surface area contributed by atoms with Crippen molar-refractivity contribution in [2.75, 3.05) is 0 Å². The molecule has 0 aliphatic heterocycles. The molecular weight excluding hydrogens is 478 g/mol. The van der Waals surface area contributed by atoms with Crippen molar-refractivity contribution in [1.82, 2.24) is 4.98 Å². The molecular formula is C29H19BrClN. The van der Waals surface area contributed by atoms with Crippen LogP contribution in [0.15, 0.2) is 83.3 Å². The Hall–Kier alpha value is -2.81. The van der Waals surface area contributed by atoms with Gasteiger partial charge in [-0.05, 0) is 64.4 Å². The highest BCUT2D eigenvalue weighted by molar-refractivity contribution is 9.10. The summed E-state index contributed by atoms with van der Waals surface area (Å²) in [5.74, 6) is 0.286. The second-order valence-electron chi connectivity index (χ2n) is 8.84. The highest BCUT2D eigenvalue weighted by Gasteiger charge is 2.33. The van der Waals surface area contributed by atoms with E-state index in [4.69, 9.17) is 11.6 Å². The average Bonchev–Trinajstić information content (AvgIpc) is 3.37. The van der Waals surface area contributed by atoms with Gasteiger partial charge in [0, 0.05) is 43.1 Å². The number of aromatic nitrogens is 1. The van der Waals surface area contributed by atoms with Gasteiger partial charge in [-0.1, -0.05) is 88.2 Å². The number of nitrogens with one attached hydrogen (secondary N) is 1. The maximum absolute atomic E-state index is 6.64. The summed E-state index contributed by atoms with van der Waals surface area (Å²) in [6.45, 7) is 0. The minimum atomic E-state index is 0.286. The number of hydrogen-bond acceptors (Lipinski definition) is 0. The lowest BCUT2D eigenvalue weighted by atomic mass is 9.77. The Kier molecular flexibility index (Phi) is 4.01. The molecule has 0 radical (unpaired) electrons. The van der Waals surface area contributed by atoms with Crippen LogP contribution in [-0.2, 0) is 12.8 Å². The molecule has 0 saturated heterocycles. The van der Waals surface area contributed by atoms with Crippen molar-refractivity contribution in [3.8, 4) is 22.3 Å². The van der Waals surface area contributed by atoms with Crippen molar-refractivity contribution in [1.29, 1.82) is 0 Å². The Bertz CT molecular complexity index is 1560. The van der Waals surface area contributed by atoms with E-state index < -0.39 is 0 Å². The predicted octanol–water partition coefficient (Wildman–Crippen LogP) is 8.51. The first-order valence-electron chi connectivity index (χ1n) is 11.0. The number of halogens is 2. The zero-order valence-corrected chi connectivity index (χ0v) is 19.6. The number of rotatable bonds is 1. The fourth-order valence-corrected chi connectivity index (χ4v) is 6.50. The van der Waals surface area contributed by atoms with Crippen LogP contribution in [0.1, 0.15) is 33.9 Å². The zero-order valence-electron chi connectivity index (χ0n) is 17.3. The Labute approximate surface area is 200 Å². The Balaban J connectivity index is 1.49. The minimum absolute atomic E-state index is 0.286. The average molecular weight is 497 g/mol. The highest BCUT2D eigenvalue weighted by Crippen LogP contribution is 2.50. The molecule has 0 fully saturated rings. The molecule has 1 aromatic heterocycles. The van der Waals surface area contributed by atoms with Gasteiger partial charge in [0.1, 0.15) is 0 Å². The molecule has 0 amide bonds. The SMILES string of the molecule is Clc1cccc2c1-c1cccc(C3Cc4ccccc4-c4c3[nH]c3cc(Br)ccc43)c1C2. The molecule has 2 aliphatic rings. The third-order valence-corrected chi connectivity index (χ3v) is 7.98. The lowest BCUT2D eigenvalue weighted by Crippen LogP contribution is -2.14. The van der Waals surface area contributed by atoms with E-state index in [1.807, 2.05) is 6.07 Å². The van der Waals surface area contributed by atoms with Crippen molar-refractivity contribution in [3.63, 3.8) is 0 Å². The van der Waals surface area contributed by atoms with E-state index in [1.54, 1.807) is 0 Å². The van der Waals surface area contributed by atoms with Gasteiger partial charge >= 0.3 is 0 Å². The summed E-state index contributed by atoms with van der Waals surface area (Å²) >= 11 is 10.3. The third kappa shape index (κ3) is 2.57. The summed E-state index contributed by atoms with van der Waals surface area (Å²) in [4.78, 5) is 3.81. The lowest BCUT2D eigenvalue weighted by molar-refractivity contribution is 0.765. The van der Waals surface area contributed by atoms with E-state index in [1.165, 1.54) is 61.1 Å². The van der Waals surface area contributed by atoms with Crippen LogP contribution in [0.4, 0.5) is 0 Å². The maximum Gasteiger partial charge on any atom is 0.0487 e. The first-order valence-corrected chi connectivity index (χ1v) is 12.1. The zero-order chi connectivity index (χ0) is 21.4. The second-order valence-corrected chi connectivity index (χ2v) is 10.2. The number of H-pyrrole nitrogens is 1. The Morgan fingerprint density at radius 3 is 2.56 bits per heavy atom. The van der Waals surface area contributed by atoms with Crippen LogP contribution in [-0.4, -0.2) is 4.98 Å². The first kappa shape index (κ1) is 18.7. The van der Waals surface area contributed by atoms with Gasteiger partial charge < -0.3 is 4.98 Å². The molecule has 1 atom stereocenters. The molecule has 0 bridgehead atoms. The molecule has 4 aromatic carbocycles. The molecule has 1 heterocycles. The molecule has 154 valence electrons. The van der Waals surface area contributed by atoms with E-state index >= 15 is 0 Å². The van der Waals surface area contributed by atoms with E-state index in [9.17, 15) is 0 Å². The van der Waals surface area contributed by atoms with Crippen molar-refractivity contribution in [2.24, 2.45) is 0 Å². The molecule has 1 unspecified atom stereocenters. The molecule has 1 nitrogen and oxygen atoms in total. The number of aromatic amines is 1. The fourth-order valence-electron chi connectivity index (χ4n) is 5.84. The van der Waals surface area contributed by atoms with E-state index in [2.05, 4.69) is 93.7 Å². The molecule has 0 saturated carbocycles. The van der Waals surface area contributed by atoms with Crippen LogP contribution in [0.25, 0.3) is 33.2 Å². The van der Waals surface area contributed by atoms with Gasteiger partial charge in [0.25, 0.3) is 0 Å². The quantitative estimate of drug-likeness (QED) is 0.235. The maximum atomic E-state index is 6.64. The van der Waals surface area contributed by atoms with Gasteiger partial charge in [0.15, 0.2) is 0 Å². The van der Waals surface area contributed by atoms with E-state index in [0.717, 1.165) is 22.3 Å². The van der Waals surface area contributed by atoms with Crippen LogP contribution in [0, 0.1) is 0 Å². The largest absolute Gasteiger partial charge is 0.357 e. The van der Waals surface area contributed by atoms with Gasteiger partial charge in [-0.25, -0.2) is 0 Å². The van der Waals surface area contributed by atoms with E-state index in [0.29, 0.717) is 0 Å². The van der Waals surface area contributed by atoms with Crippen molar-refractivity contribution in [2.45, 2.75) is 18.8 Å². The summed E-state index contributed by atoms with van der Waals surface area (Å²) < 4.78 is 1.10. The Morgan fingerprint density at radius 2 is 1.62 bits per heavy atom. The molecule has 7 rings (SSSR count). The van der Waals surface area contributed by atoms with Gasteiger partial charge in [0.2, 0.25) is 0 Å². The van der Waals surface area contributed by atoms with Crippen LogP contribution < -0.4 is 0 Å². The fraction of sp³-hybridized carbons (Fsp3) is 0.103.